The summed E-state index contributed by atoms with van der Waals surface area (Å²) in [5, 5.41) is 6.35. The minimum Gasteiger partial charge on any atom is -0.381 e. The topological polar surface area (TPSA) is 69.2 Å². The fourth-order valence-electron chi connectivity index (χ4n) is 3.67. The third-order valence-corrected chi connectivity index (χ3v) is 5.11. The van der Waals surface area contributed by atoms with Crippen molar-refractivity contribution in [3.05, 3.63) is 12.0 Å². The summed E-state index contributed by atoms with van der Waals surface area (Å²) in [5.74, 6) is 2.39. The molecule has 2 atom stereocenters. The fraction of sp³-hybridized carbons (Fsp3) is 0.733. The molecule has 7 heteroatoms. The number of carbonyl (C=O) groups is 1. The van der Waals surface area contributed by atoms with Gasteiger partial charge in [0.15, 0.2) is 5.82 Å². The molecule has 0 aromatic rings. The highest BCUT2D eigenvalue weighted by Crippen LogP contribution is 2.28. The summed E-state index contributed by atoms with van der Waals surface area (Å²) in [6.07, 6.45) is 4.07. The SMILES string of the molecule is C[C@H]1CNC[C@@H]1C1=NC2=CN(C3CCOCC3)CN2C(=O)N1. The van der Waals surface area contributed by atoms with Gasteiger partial charge in [-0.2, -0.15) is 0 Å². The van der Waals surface area contributed by atoms with Crippen molar-refractivity contribution in [3.8, 4) is 0 Å². The zero-order valence-electron chi connectivity index (χ0n) is 12.9. The van der Waals surface area contributed by atoms with Crippen LogP contribution in [0.5, 0.6) is 0 Å². The van der Waals surface area contributed by atoms with E-state index in [-0.39, 0.29) is 6.03 Å². The maximum absolute atomic E-state index is 12.4. The Hall–Kier alpha value is -1.60. The maximum atomic E-state index is 12.4. The van der Waals surface area contributed by atoms with E-state index in [1.165, 1.54) is 0 Å². The second-order valence-corrected chi connectivity index (χ2v) is 6.58. The molecule has 4 rings (SSSR count). The highest BCUT2D eigenvalue weighted by Gasteiger charge is 2.38. The first-order valence-corrected chi connectivity index (χ1v) is 8.15. The van der Waals surface area contributed by atoms with E-state index >= 15 is 0 Å². The van der Waals surface area contributed by atoms with Gasteiger partial charge in [-0.25, -0.2) is 9.79 Å². The Kier molecular flexibility index (Phi) is 3.54. The second-order valence-electron chi connectivity index (χ2n) is 6.58. The van der Waals surface area contributed by atoms with Crippen molar-refractivity contribution in [2.75, 3.05) is 33.0 Å². The summed E-state index contributed by atoms with van der Waals surface area (Å²) >= 11 is 0. The van der Waals surface area contributed by atoms with E-state index in [1.807, 2.05) is 6.20 Å². The molecule has 4 aliphatic rings. The van der Waals surface area contributed by atoms with Crippen LogP contribution in [0.3, 0.4) is 0 Å². The summed E-state index contributed by atoms with van der Waals surface area (Å²) in [6.45, 7) is 6.27. The summed E-state index contributed by atoms with van der Waals surface area (Å²) in [5.41, 5.74) is 0. The number of nitrogens with one attached hydrogen (secondary N) is 2. The molecule has 120 valence electrons. The van der Waals surface area contributed by atoms with Gasteiger partial charge in [0, 0.05) is 37.9 Å². The zero-order valence-corrected chi connectivity index (χ0v) is 12.9. The van der Waals surface area contributed by atoms with Crippen LogP contribution in [0.4, 0.5) is 4.79 Å². The number of nitrogens with zero attached hydrogens (tertiary/aromatic N) is 3. The van der Waals surface area contributed by atoms with Gasteiger partial charge in [-0.15, -0.1) is 0 Å². The summed E-state index contributed by atoms with van der Waals surface area (Å²) in [7, 11) is 0. The standard InChI is InChI=1S/C15H23N5O2/c1-10-6-16-7-12(10)14-17-13-8-19(9-20(13)15(21)18-14)11-2-4-22-5-3-11/h8,10-12,16H,2-7,9H2,1H3,(H,17,18,21)/t10-,12-/m0/s1. The Morgan fingerprint density at radius 1 is 1.32 bits per heavy atom. The van der Waals surface area contributed by atoms with Gasteiger partial charge in [0.2, 0.25) is 0 Å². The Labute approximate surface area is 130 Å². The largest absolute Gasteiger partial charge is 0.381 e. The third kappa shape index (κ3) is 2.38. The molecule has 2 N–H and O–H groups in total. The van der Waals surface area contributed by atoms with Gasteiger partial charge in [-0.05, 0) is 25.3 Å². The number of carbonyl (C=O) groups excluding carboxylic acids is 1. The van der Waals surface area contributed by atoms with Crippen molar-refractivity contribution in [1.82, 2.24) is 20.4 Å². The average Bonchev–Trinajstić information content (AvgIpc) is 3.14. The lowest BCUT2D eigenvalue weighted by atomic mass is 9.96. The van der Waals surface area contributed by atoms with Gasteiger partial charge in [0.05, 0.1) is 0 Å². The molecule has 0 aliphatic carbocycles. The summed E-state index contributed by atoms with van der Waals surface area (Å²) in [4.78, 5) is 21.1. The van der Waals surface area contributed by atoms with Crippen molar-refractivity contribution >= 4 is 11.9 Å². The van der Waals surface area contributed by atoms with E-state index in [0.29, 0.717) is 24.5 Å². The smallest absolute Gasteiger partial charge is 0.329 e. The molecular formula is C15H23N5O2. The van der Waals surface area contributed by atoms with Crippen LogP contribution < -0.4 is 10.6 Å². The van der Waals surface area contributed by atoms with E-state index in [0.717, 1.165) is 50.8 Å². The number of hydrogen-bond acceptors (Lipinski definition) is 5. The predicted octanol–water partition coefficient (Wildman–Crippen LogP) is 0.517. The number of fused-ring (bicyclic) bond motifs is 1. The van der Waals surface area contributed by atoms with Gasteiger partial charge < -0.3 is 15.0 Å². The molecular weight excluding hydrogens is 282 g/mol. The minimum absolute atomic E-state index is 0.0510. The van der Waals surface area contributed by atoms with Gasteiger partial charge >= 0.3 is 6.03 Å². The molecule has 0 aromatic heterocycles. The quantitative estimate of drug-likeness (QED) is 0.780. The molecule has 4 aliphatic heterocycles. The first-order valence-electron chi connectivity index (χ1n) is 8.15. The van der Waals surface area contributed by atoms with Gasteiger partial charge in [-0.3, -0.25) is 10.2 Å². The molecule has 2 fully saturated rings. The lowest BCUT2D eigenvalue weighted by molar-refractivity contribution is 0.0459. The van der Waals surface area contributed by atoms with Crippen molar-refractivity contribution < 1.29 is 9.53 Å². The van der Waals surface area contributed by atoms with Crippen LogP contribution in [-0.2, 0) is 4.74 Å². The number of amidine groups is 1. The molecule has 0 spiro atoms. The summed E-state index contributed by atoms with van der Waals surface area (Å²) < 4.78 is 5.42. The third-order valence-electron chi connectivity index (χ3n) is 5.11. The molecule has 7 nitrogen and oxygen atoms in total. The number of aliphatic imine (C=N–C) groups is 1. The van der Waals surface area contributed by atoms with E-state index in [2.05, 4.69) is 22.5 Å². The lowest BCUT2D eigenvalue weighted by Crippen LogP contribution is -2.50. The van der Waals surface area contributed by atoms with Crippen LogP contribution in [-0.4, -0.2) is 60.7 Å². The maximum Gasteiger partial charge on any atom is 0.329 e. The molecule has 0 saturated carbocycles. The van der Waals surface area contributed by atoms with E-state index in [4.69, 9.17) is 9.73 Å². The van der Waals surface area contributed by atoms with Crippen molar-refractivity contribution in [3.63, 3.8) is 0 Å². The monoisotopic (exact) mass is 305 g/mol. The normalized spacial score (nSPS) is 32.7. The first kappa shape index (κ1) is 14.0. The number of urea groups is 1. The Bertz CT molecular complexity index is 526. The highest BCUT2D eigenvalue weighted by atomic mass is 16.5. The van der Waals surface area contributed by atoms with Crippen LogP contribution >= 0.6 is 0 Å². The van der Waals surface area contributed by atoms with Crippen molar-refractivity contribution in [2.45, 2.75) is 25.8 Å². The average molecular weight is 305 g/mol. The fourth-order valence-corrected chi connectivity index (χ4v) is 3.67. The van der Waals surface area contributed by atoms with Crippen LogP contribution in [0.25, 0.3) is 0 Å². The van der Waals surface area contributed by atoms with Crippen LogP contribution in [0.1, 0.15) is 19.8 Å². The van der Waals surface area contributed by atoms with Crippen LogP contribution in [0.2, 0.25) is 0 Å². The Balaban J connectivity index is 1.55. The Morgan fingerprint density at radius 3 is 2.86 bits per heavy atom. The second kappa shape index (κ2) is 5.55. The highest BCUT2D eigenvalue weighted by molar-refractivity contribution is 6.02. The molecule has 0 bridgehead atoms. The molecule has 0 radical (unpaired) electrons. The first-order chi connectivity index (χ1) is 10.7. The number of ether oxygens (including phenoxy) is 1. The van der Waals surface area contributed by atoms with Gasteiger partial charge in [0.1, 0.15) is 12.5 Å². The van der Waals surface area contributed by atoms with E-state index in [9.17, 15) is 4.79 Å². The molecule has 0 unspecified atom stereocenters. The summed E-state index contributed by atoms with van der Waals surface area (Å²) in [6, 6.07) is 0.398. The van der Waals surface area contributed by atoms with E-state index in [1.54, 1.807) is 4.90 Å². The van der Waals surface area contributed by atoms with Crippen LogP contribution in [0, 0.1) is 11.8 Å². The minimum atomic E-state index is -0.0510. The molecule has 2 amide bonds. The molecule has 0 aromatic carbocycles. The molecule has 4 heterocycles. The van der Waals surface area contributed by atoms with Gasteiger partial charge in [0.25, 0.3) is 0 Å². The van der Waals surface area contributed by atoms with Crippen molar-refractivity contribution in [2.24, 2.45) is 16.8 Å². The van der Waals surface area contributed by atoms with E-state index < -0.39 is 0 Å². The zero-order chi connectivity index (χ0) is 15.1. The number of amides is 2. The molecule has 22 heavy (non-hydrogen) atoms. The van der Waals surface area contributed by atoms with Gasteiger partial charge in [-0.1, -0.05) is 6.92 Å². The predicted molar refractivity (Wildman–Crippen MR) is 82.0 cm³/mol. The number of hydrogen-bond donors (Lipinski definition) is 2. The van der Waals surface area contributed by atoms with Crippen LogP contribution in [0.15, 0.2) is 17.0 Å². The number of rotatable bonds is 2. The lowest BCUT2D eigenvalue weighted by Gasteiger charge is -2.32. The van der Waals surface area contributed by atoms with Crippen molar-refractivity contribution in [1.29, 1.82) is 0 Å². The Morgan fingerprint density at radius 2 is 2.14 bits per heavy atom. The molecule has 2 saturated heterocycles.